The van der Waals surface area contributed by atoms with Crippen LogP contribution in [0.4, 0.5) is 5.69 Å². The Balaban J connectivity index is 1.64. The second-order valence-electron chi connectivity index (χ2n) is 5.98. The summed E-state index contributed by atoms with van der Waals surface area (Å²) in [5.74, 6) is -0.332. The molecule has 27 heavy (non-hydrogen) atoms. The van der Waals surface area contributed by atoms with Gasteiger partial charge in [-0.1, -0.05) is 0 Å². The van der Waals surface area contributed by atoms with Gasteiger partial charge in [0.25, 0.3) is 11.6 Å². The lowest BCUT2D eigenvalue weighted by atomic mass is 10.2. The Kier molecular flexibility index (Phi) is 6.37. The monoisotopic (exact) mass is 392 g/mol. The molecule has 1 amide bonds. The molecule has 0 aliphatic carbocycles. The fourth-order valence-corrected chi connectivity index (χ4v) is 3.46. The van der Waals surface area contributed by atoms with Crippen LogP contribution >= 0.6 is 11.8 Å². The molecule has 0 spiro atoms. The summed E-state index contributed by atoms with van der Waals surface area (Å²) in [5.41, 5.74) is 0.120. The first kappa shape index (κ1) is 19.3. The van der Waals surface area contributed by atoms with Gasteiger partial charge in [-0.05, 0) is 23.9 Å². The highest BCUT2D eigenvalue weighted by Crippen LogP contribution is 2.34. The van der Waals surface area contributed by atoms with Gasteiger partial charge >= 0.3 is 0 Å². The molecule has 10 nitrogen and oxygen atoms in total. The molecule has 0 bridgehead atoms. The molecule has 1 saturated heterocycles. The Morgan fingerprint density at radius 2 is 2.19 bits per heavy atom. The Morgan fingerprint density at radius 1 is 1.41 bits per heavy atom. The van der Waals surface area contributed by atoms with Gasteiger partial charge in [-0.15, -0.1) is 10.2 Å². The number of rotatable bonds is 7. The van der Waals surface area contributed by atoms with Crippen LogP contribution in [-0.2, 0) is 11.8 Å². The number of hydrogen-bond donors (Lipinski definition) is 1. The van der Waals surface area contributed by atoms with Crippen LogP contribution in [0.5, 0.6) is 0 Å². The molecule has 1 aromatic heterocycles. The van der Waals surface area contributed by atoms with Gasteiger partial charge in [-0.25, -0.2) is 0 Å². The van der Waals surface area contributed by atoms with Crippen LogP contribution in [0.2, 0.25) is 0 Å². The van der Waals surface area contributed by atoms with Crippen LogP contribution in [0.1, 0.15) is 10.4 Å². The second-order valence-corrected chi connectivity index (χ2v) is 6.99. The van der Waals surface area contributed by atoms with E-state index in [4.69, 9.17) is 4.74 Å². The number of morpholine rings is 1. The third kappa shape index (κ3) is 5.02. The summed E-state index contributed by atoms with van der Waals surface area (Å²) in [6.07, 6.45) is 1.52. The number of benzene rings is 1. The van der Waals surface area contributed by atoms with Gasteiger partial charge in [0.1, 0.15) is 6.33 Å². The zero-order valence-electron chi connectivity index (χ0n) is 14.8. The fourth-order valence-electron chi connectivity index (χ4n) is 2.61. The van der Waals surface area contributed by atoms with Crippen molar-refractivity contribution in [1.29, 1.82) is 0 Å². The van der Waals surface area contributed by atoms with E-state index >= 15 is 0 Å². The lowest BCUT2D eigenvalue weighted by molar-refractivity contribution is -0.387. The quantitative estimate of drug-likeness (QED) is 0.547. The first-order valence-electron chi connectivity index (χ1n) is 8.43. The second kappa shape index (κ2) is 8.93. The number of nitrogens with zero attached hydrogens (tertiary/aromatic N) is 5. The van der Waals surface area contributed by atoms with Crippen molar-refractivity contribution in [3.05, 3.63) is 40.2 Å². The van der Waals surface area contributed by atoms with Crippen molar-refractivity contribution in [3.8, 4) is 0 Å². The van der Waals surface area contributed by atoms with Crippen molar-refractivity contribution in [3.63, 3.8) is 0 Å². The summed E-state index contributed by atoms with van der Waals surface area (Å²) in [7, 11) is 1.75. The van der Waals surface area contributed by atoms with Crippen LogP contribution in [0.15, 0.2) is 34.6 Å². The molecule has 1 aromatic carbocycles. The van der Waals surface area contributed by atoms with Crippen molar-refractivity contribution in [2.75, 3.05) is 39.4 Å². The molecule has 0 saturated carbocycles. The van der Waals surface area contributed by atoms with Gasteiger partial charge in [0.15, 0.2) is 5.16 Å². The van der Waals surface area contributed by atoms with E-state index in [0.717, 1.165) is 31.4 Å². The number of nitro benzene ring substituents is 1. The zero-order chi connectivity index (χ0) is 19.2. The molecule has 0 radical (unpaired) electrons. The van der Waals surface area contributed by atoms with E-state index in [1.54, 1.807) is 23.7 Å². The van der Waals surface area contributed by atoms with Crippen molar-refractivity contribution in [1.82, 2.24) is 25.0 Å². The van der Waals surface area contributed by atoms with E-state index in [1.807, 2.05) is 0 Å². The molecular weight excluding hydrogens is 372 g/mol. The number of aromatic nitrogens is 3. The average Bonchev–Trinajstić information content (AvgIpc) is 3.07. The molecule has 3 rings (SSSR count). The molecule has 144 valence electrons. The maximum atomic E-state index is 12.3. The molecule has 1 aliphatic heterocycles. The molecule has 1 aliphatic rings. The van der Waals surface area contributed by atoms with Crippen LogP contribution < -0.4 is 5.32 Å². The standard InChI is InChI=1S/C16H20N6O4S/c1-20-11-18-19-16(20)27-14-3-2-12(10-13(14)22(24)25)15(23)17-4-5-21-6-8-26-9-7-21/h2-3,10-11H,4-9H2,1H3,(H,17,23). The van der Waals surface area contributed by atoms with Crippen molar-refractivity contribution >= 4 is 23.4 Å². The largest absolute Gasteiger partial charge is 0.379 e. The molecule has 11 heteroatoms. The van der Waals surface area contributed by atoms with Gasteiger partial charge in [0.05, 0.1) is 23.0 Å². The zero-order valence-corrected chi connectivity index (χ0v) is 15.6. The van der Waals surface area contributed by atoms with Crippen LogP contribution in [0.25, 0.3) is 0 Å². The highest BCUT2D eigenvalue weighted by molar-refractivity contribution is 7.99. The van der Waals surface area contributed by atoms with Crippen LogP contribution in [0, 0.1) is 10.1 Å². The Labute approximate surface area is 160 Å². The number of nitrogens with one attached hydrogen (secondary N) is 1. The molecule has 2 heterocycles. The number of hydrogen-bond acceptors (Lipinski definition) is 8. The molecular formula is C16H20N6O4S. The first-order valence-corrected chi connectivity index (χ1v) is 9.25. The number of carbonyl (C=O) groups is 1. The van der Waals surface area contributed by atoms with Crippen molar-refractivity contribution in [2.24, 2.45) is 7.05 Å². The fraction of sp³-hybridized carbons (Fsp3) is 0.438. The normalized spacial score (nSPS) is 14.9. The minimum atomic E-state index is -0.497. The van der Waals surface area contributed by atoms with Gasteiger partial charge < -0.3 is 14.6 Å². The summed E-state index contributed by atoms with van der Waals surface area (Å²) in [6.45, 7) is 4.28. The predicted molar refractivity (Wildman–Crippen MR) is 97.8 cm³/mol. The summed E-state index contributed by atoms with van der Waals surface area (Å²) in [4.78, 5) is 25.9. The Bertz CT molecular complexity index is 821. The Hall–Kier alpha value is -2.50. The number of nitro groups is 1. The SMILES string of the molecule is Cn1cnnc1Sc1ccc(C(=O)NCCN2CCOCC2)cc1[N+](=O)[O-]. The lowest BCUT2D eigenvalue weighted by Gasteiger charge is -2.26. The minimum Gasteiger partial charge on any atom is -0.379 e. The maximum Gasteiger partial charge on any atom is 0.284 e. The first-order chi connectivity index (χ1) is 13.0. The molecule has 1 N–H and O–H groups in total. The molecule has 0 atom stereocenters. The summed E-state index contributed by atoms with van der Waals surface area (Å²) >= 11 is 1.13. The van der Waals surface area contributed by atoms with Crippen molar-refractivity contribution in [2.45, 2.75) is 10.1 Å². The summed E-state index contributed by atoms with van der Waals surface area (Å²) < 4.78 is 6.95. The van der Waals surface area contributed by atoms with Gasteiger partial charge in [0, 0.05) is 44.9 Å². The molecule has 0 unspecified atom stereocenters. The summed E-state index contributed by atoms with van der Waals surface area (Å²) in [5, 5.41) is 22.4. The predicted octanol–water partition coefficient (Wildman–Crippen LogP) is 0.936. The van der Waals surface area contributed by atoms with E-state index in [9.17, 15) is 14.9 Å². The van der Waals surface area contributed by atoms with Gasteiger partial charge in [-0.3, -0.25) is 19.8 Å². The van der Waals surface area contributed by atoms with Crippen molar-refractivity contribution < 1.29 is 14.5 Å². The number of amides is 1. The third-order valence-electron chi connectivity index (χ3n) is 4.11. The van der Waals surface area contributed by atoms with Crippen LogP contribution in [0.3, 0.4) is 0 Å². The highest BCUT2D eigenvalue weighted by Gasteiger charge is 2.20. The van der Waals surface area contributed by atoms with E-state index in [2.05, 4.69) is 20.4 Å². The summed E-state index contributed by atoms with van der Waals surface area (Å²) in [6, 6.07) is 4.44. The number of ether oxygens (including phenoxy) is 1. The molecule has 2 aromatic rings. The smallest absolute Gasteiger partial charge is 0.284 e. The van der Waals surface area contributed by atoms with Gasteiger partial charge in [-0.2, -0.15) is 0 Å². The number of carbonyl (C=O) groups excluding carboxylic acids is 1. The Morgan fingerprint density at radius 3 is 2.85 bits per heavy atom. The van der Waals surface area contributed by atoms with E-state index in [-0.39, 0.29) is 17.2 Å². The average molecular weight is 392 g/mol. The minimum absolute atomic E-state index is 0.135. The lowest BCUT2D eigenvalue weighted by Crippen LogP contribution is -2.41. The van der Waals surface area contributed by atoms with Crippen LogP contribution in [-0.4, -0.2) is 69.9 Å². The third-order valence-corrected chi connectivity index (χ3v) is 5.22. The highest BCUT2D eigenvalue weighted by atomic mass is 32.2. The molecule has 1 fully saturated rings. The van der Waals surface area contributed by atoms with E-state index in [1.165, 1.54) is 12.4 Å². The van der Waals surface area contributed by atoms with E-state index < -0.39 is 4.92 Å². The topological polar surface area (TPSA) is 115 Å². The maximum absolute atomic E-state index is 12.3. The van der Waals surface area contributed by atoms with E-state index in [0.29, 0.717) is 29.8 Å². The van der Waals surface area contributed by atoms with Gasteiger partial charge in [0.2, 0.25) is 0 Å². The number of aryl methyl sites for hydroxylation is 1.